The largest absolute Gasteiger partial charge is 0.325 e. The van der Waals surface area contributed by atoms with E-state index in [0.717, 1.165) is 5.56 Å². The van der Waals surface area contributed by atoms with Crippen molar-refractivity contribution in [2.45, 2.75) is 17.3 Å². The predicted molar refractivity (Wildman–Crippen MR) is 90.0 cm³/mol. The Hall–Kier alpha value is -2.74. The summed E-state index contributed by atoms with van der Waals surface area (Å²) < 4.78 is 13.1. The number of halogens is 1. The average molecular weight is 343 g/mol. The molecule has 2 aromatic heterocycles. The molecule has 0 aliphatic carbocycles. The Morgan fingerprint density at radius 1 is 1.29 bits per heavy atom. The summed E-state index contributed by atoms with van der Waals surface area (Å²) in [5.41, 5.74) is 1.28. The lowest BCUT2D eigenvalue weighted by atomic mass is 10.3. The lowest BCUT2D eigenvalue weighted by Crippen LogP contribution is -2.22. The van der Waals surface area contributed by atoms with Crippen LogP contribution in [0.2, 0.25) is 0 Å². The fourth-order valence-corrected chi connectivity index (χ4v) is 2.68. The minimum atomic E-state index is -0.436. The van der Waals surface area contributed by atoms with E-state index in [4.69, 9.17) is 0 Å². The first-order valence-electron chi connectivity index (χ1n) is 7.18. The van der Waals surface area contributed by atoms with Crippen molar-refractivity contribution in [2.24, 2.45) is 0 Å². The first-order valence-corrected chi connectivity index (χ1v) is 8.05. The maximum Gasteiger partial charge on any atom is 0.237 e. The molecule has 0 saturated heterocycles. The molecule has 0 saturated carbocycles. The number of anilines is 1. The highest BCUT2D eigenvalue weighted by Gasteiger charge is 2.17. The predicted octanol–water partition coefficient (Wildman–Crippen LogP) is 3.13. The molecule has 0 aliphatic heterocycles. The van der Waals surface area contributed by atoms with E-state index in [-0.39, 0.29) is 5.91 Å². The van der Waals surface area contributed by atoms with Gasteiger partial charge in [0.15, 0.2) is 5.82 Å². The Kier molecular flexibility index (Phi) is 4.85. The molecule has 0 fully saturated rings. The second-order valence-corrected chi connectivity index (χ2v) is 6.27. The minimum absolute atomic E-state index is 0.249. The van der Waals surface area contributed by atoms with Crippen LogP contribution in [0.3, 0.4) is 0 Å². The highest BCUT2D eigenvalue weighted by molar-refractivity contribution is 8.00. The fourth-order valence-electron chi connectivity index (χ4n) is 1.96. The van der Waals surface area contributed by atoms with Crippen molar-refractivity contribution in [3.05, 3.63) is 54.6 Å². The number of carbonyl (C=O) groups is 1. The maximum absolute atomic E-state index is 13.1. The van der Waals surface area contributed by atoms with Crippen molar-refractivity contribution in [3.63, 3.8) is 0 Å². The van der Waals surface area contributed by atoms with Gasteiger partial charge in [0, 0.05) is 23.6 Å². The average Bonchev–Trinajstić information content (AvgIpc) is 3.04. The summed E-state index contributed by atoms with van der Waals surface area (Å²) in [7, 11) is 0. The van der Waals surface area contributed by atoms with Crippen LogP contribution >= 0.6 is 11.8 Å². The molecular weight excluding hydrogens is 329 g/mol. The van der Waals surface area contributed by atoms with Crippen LogP contribution in [-0.2, 0) is 4.79 Å². The Labute approximate surface area is 141 Å². The first-order chi connectivity index (χ1) is 11.6. The van der Waals surface area contributed by atoms with E-state index in [1.165, 1.54) is 23.9 Å². The summed E-state index contributed by atoms with van der Waals surface area (Å²) in [4.78, 5) is 20.5. The van der Waals surface area contributed by atoms with Gasteiger partial charge in [0.25, 0.3) is 0 Å². The van der Waals surface area contributed by atoms with E-state index in [1.807, 2.05) is 12.1 Å². The molecule has 2 heterocycles. The molecule has 0 radical (unpaired) electrons. The number of thioether (sulfide) groups is 1. The van der Waals surface area contributed by atoms with E-state index in [0.29, 0.717) is 16.7 Å². The third kappa shape index (κ3) is 3.96. The van der Waals surface area contributed by atoms with Crippen LogP contribution in [-0.4, -0.2) is 31.3 Å². The second kappa shape index (κ2) is 7.22. The van der Waals surface area contributed by atoms with Gasteiger partial charge in [-0.15, -0.1) is 5.10 Å². The third-order valence-corrected chi connectivity index (χ3v) is 4.12. The monoisotopic (exact) mass is 343 g/mol. The summed E-state index contributed by atoms with van der Waals surface area (Å²) in [6.07, 6.45) is 3.33. The second-order valence-electron chi connectivity index (χ2n) is 4.96. The molecular formula is C16H14FN5OS. The van der Waals surface area contributed by atoms with Gasteiger partial charge in [-0.2, -0.15) is 0 Å². The van der Waals surface area contributed by atoms with Crippen LogP contribution in [0.15, 0.2) is 53.9 Å². The number of amides is 1. The molecule has 6 nitrogen and oxygen atoms in total. The van der Waals surface area contributed by atoms with E-state index >= 15 is 0 Å². The minimum Gasteiger partial charge on any atom is -0.325 e. The topological polar surface area (TPSA) is 83.6 Å². The van der Waals surface area contributed by atoms with E-state index in [9.17, 15) is 9.18 Å². The number of pyridine rings is 1. The van der Waals surface area contributed by atoms with Gasteiger partial charge in [-0.3, -0.25) is 14.9 Å². The Balaban J connectivity index is 1.63. The van der Waals surface area contributed by atoms with Crippen molar-refractivity contribution in [1.29, 1.82) is 0 Å². The summed E-state index contributed by atoms with van der Waals surface area (Å²) >= 11 is 1.22. The quantitative estimate of drug-likeness (QED) is 0.696. The number of benzene rings is 1. The van der Waals surface area contributed by atoms with Crippen molar-refractivity contribution in [3.8, 4) is 11.4 Å². The van der Waals surface area contributed by atoms with Gasteiger partial charge < -0.3 is 5.32 Å². The van der Waals surface area contributed by atoms with Crippen LogP contribution in [0, 0.1) is 5.82 Å². The lowest BCUT2D eigenvalue weighted by molar-refractivity contribution is -0.115. The highest BCUT2D eigenvalue weighted by atomic mass is 32.2. The van der Waals surface area contributed by atoms with Crippen LogP contribution in [0.4, 0.5) is 10.1 Å². The van der Waals surface area contributed by atoms with Gasteiger partial charge in [0.1, 0.15) is 5.82 Å². The number of aromatic amines is 1. The van der Waals surface area contributed by atoms with Crippen LogP contribution < -0.4 is 5.32 Å². The zero-order chi connectivity index (χ0) is 16.9. The fraction of sp³-hybridized carbons (Fsp3) is 0.125. The van der Waals surface area contributed by atoms with Crippen LogP contribution in [0.5, 0.6) is 0 Å². The Morgan fingerprint density at radius 2 is 2.08 bits per heavy atom. The van der Waals surface area contributed by atoms with E-state index < -0.39 is 11.1 Å². The Morgan fingerprint density at radius 3 is 2.83 bits per heavy atom. The molecule has 3 aromatic rings. The van der Waals surface area contributed by atoms with Gasteiger partial charge in [0.2, 0.25) is 11.1 Å². The Bertz CT molecular complexity index is 839. The molecule has 1 amide bonds. The van der Waals surface area contributed by atoms with Crippen molar-refractivity contribution >= 4 is 23.4 Å². The van der Waals surface area contributed by atoms with Crippen molar-refractivity contribution in [2.75, 3.05) is 5.32 Å². The number of aromatic nitrogens is 4. The number of carbonyl (C=O) groups excluding carboxylic acids is 1. The molecule has 3 rings (SSSR count). The standard InChI is InChI=1S/C16H14FN5OS/c1-10(15(23)19-13-4-2-3-12(17)9-13)24-16-20-14(21-22-16)11-5-7-18-8-6-11/h2-10H,1H3,(H,19,23)(H,20,21,22)/t10-/m1/s1. The third-order valence-electron chi connectivity index (χ3n) is 3.16. The summed E-state index contributed by atoms with van der Waals surface area (Å²) in [6, 6.07) is 9.39. The number of rotatable bonds is 5. The van der Waals surface area contributed by atoms with E-state index in [2.05, 4.69) is 25.5 Å². The van der Waals surface area contributed by atoms with Gasteiger partial charge >= 0.3 is 0 Å². The summed E-state index contributed by atoms with van der Waals surface area (Å²) in [6.45, 7) is 1.74. The molecule has 0 unspecified atom stereocenters. The number of nitrogens with one attached hydrogen (secondary N) is 2. The molecule has 2 N–H and O–H groups in total. The molecule has 8 heteroatoms. The van der Waals surface area contributed by atoms with Gasteiger partial charge in [0.05, 0.1) is 5.25 Å². The zero-order valence-corrected chi connectivity index (χ0v) is 13.5. The van der Waals surface area contributed by atoms with Gasteiger partial charge in [-0.25, -0.2) is 9.37 Å². The smallest absolute Gasteiger partial charge is 0.237 e. The number of hydrogen-bond acceptors (Lipinski definition) is 5. The highest BCUT2D eigenvalue weighted by Crippen LogP contribution is 2.23. The maximum atomic E-state index is 13.1. The molecule has 0 spiro atoms. The lowest BCUT2D eigenvalue weighted by Gasteiger charge is -2.10. The van der Waals surface area contributed by atoms with E-state index in [1.54, 1.807) is 31.5 Å². The van der Waals surface area contributed by atoms with Crippen molar-refractivity contribution in [1.82, 2.24) is 20.2 Å². The van der Waals surface area contributed by atoms with Gasteiger partial charge in [-0.1, -0.05) is 17.8 Å². The molecule has 0 bridgehead atoms. The van der Waals surface area contributed by atoms with Gasteiger partial charge in [-0.05, 0) is 37.3 Å². The molecule has 1 aromatic carbocycles. The zero-order valence-electron chi connectivity index (χ0n) is 12.7. The number of hydrogen-bond donors (Lipinski definition) is 2. The summed E-state index contributed by atoms with van der Waals surface area (Å²) in [5, 5.41) is 9.63. The summed E-state index contributed by atoms with van der Waals surface area (Å²) in [5.74, 6) is -0.0393. The normalized spacial score (nSPS) is 11.9. The number of H-pyrrole nitrogens is 1. The molecule has 0 aliphatic rings. The molecule has 1 atom stereocenters. The van der Waals surface area contributed by atoms with Crippen LogP contribution in [0.25, 0.3) is 11.4 Å². The first kappa shape index (κ1) is 16.1. The number of nitrogens with zero attached hydrogens (tertiary/aromatic N) is 3. The SMILES string of the molecule is C[C@@H](Sc1n[nH]c(-c2ccncc2)n1)C(=O)Nc1cccc(F)c1. The molecule has 122 valence electrons. The van der Waals surface area contributed by atoms with Crippen LogP contribution in [0.1, 0.15) is 6.92 Å². The molecule has 24 heavy (non-hydrogen) atoms. The van der Waals surface area contributed by atoms with Crippen molar-refractivity contribution < 1.29 is 9.18 Å².